The summed E-state index contributed by atoms with van der Waals surface area (Å²) in [6, 6.07) is 3.36. The second kappa shape index (κ2) is 5.77. The van der Waals surface area contributed by atoms with E-state index < -0.39 is 0 Å². The number of imide groups is 1. The van der Waals surface area contributed by atoms with Crippen LogP contribution in [-0.2, 0) is 16.1 Å². The number of piperazine rings is 1. The Morgan fingerprint density at radius 2 is 2.37 bits per heavy atom. The van der Waals surface area contributed by atoms with Crippen molar-refractivity contribution in [2.75, 3.05) is 12.0 Å². The van der Waals surface area contributed by atoms with Crippen LogP contribution in [0.5, 0.6) is 0 Å². The van der Waals surface area contributed by atoms with Crippen molar-refractivity contribution < 1.29 is 9.59 Å². The third kappa shape index (κ3) is 2.88. The average molecular weight is 263 g/mol. The van der Waals surface area contributed by atoms with Crippen LogP contribution in [0.1, 0.15) is 18.9 Å². The molecule has 1 fully saturated rings. The zero-order chi connectivity index (χ0) is 13.8. The second-order valence-corrected chi connectivity index (χ2v) is 4.40. The van der Waals surface area contributed by atoms with E-state index in [4.69, 9.17) is 5.84 Å². The highest BCUT2D eigenvalue weighted by Gasteiger charge is 2.32. The molecular formula is C12H17N5O2. The van der Waals surface area contributed by atoms with Gasteiger partial charge in [0, 0.05) is 18.3 Å². The molecule has 2 rings (SSSR count). The van der Waals surface area contributed by atoms with Gasteiger partial charge in [-0.25, -0.2) is 10.8 Å². The van der Waals surface area contributed by atoms with Crippen molar-refractivity contribution in [2.24, 2.45) is 5.84 Å². The molecule has 102 valence electrons. The summed E-state index contributed by atoms with van der Waals surface area (Å²) >= 11 is 0. The number of amides is 2. The summed E-state index contributed by atoms with van der Waals surface area (Å²) in [4.78, 5) is 29.2. The largest absolute Gasteiger partial charge is 0.308 e. The van der Waals surface area contributed by atoms with Crippen molar-refractivity contribution in [3.63, 3.8) is 0 Å². The van der Waals surface area contributed by atoms with Gasteiger partial charge in [-0.2, -0.15) is 0 Å². The van der Waals surface area contributed by atoms with Crippen LogP contribution in [-0.4, -0.2) is 34.3 Å². The maximum absolute atomic E-state index is 11.8. The van der Waals surface area contributed by atoms with E-state index in [1.807, 2.05) is 17.9 Å². The number of rotatable bonds is 4. The zero-order valence-electron chi connectivity index (χ0n) is 10.7. The lowest BCUT2D eigenvalue weighted by Gasteiger charge is -2.33. The van der Waals surface area contributed by atoms with Crippen molar-refractivity contribution in [1.29, 1.82) is 0 Å². The SMILES string of the molecule is CCC1C(=O)NC(=O)CN1Cc1cccnc1NN. The lowest BCUT2D eigenvalue weighted by Crippen LogP contribution is -2.57. The van der Waals surface area contributed by atoms with E-state index in [0.717, 1.165) is 5.56 Å². The van der Waals surface area contributed by atoms with Crippen molar-refractivity contribution >= 4 is 17.6 Å². The van der Waals surface area contributed by atoms with Crippen molar-refractivity contribution in [1.82, 2.24) is 15.2 Å². The minimum atomic E-state index is -0.302. The number of nitrogen functional groups attached to an aromatic ring is 1. The topological polar surface area (TPSA) is 100 Å². The monoisotopic (exact) mass is 263 g/mol. The van der Waals surface area contributed by atoms with E-state index in [1.165, 1.54) is 0 Å². The van der Waals surface area contributed by atoms with Crippen LogP contribution in [0.3, 0.4) is 0 Å². The van der Waals surface area contributed by atoms with Crippen LogP contribution in [0, 0.1) is 0 Å². The van der Waals surface area contributed by atoms with Crippen molar-refractivity contribution in [2.45, 2.75) is 25.9 Å². The number of hydrogen-bond donors (Lipinski definition) is 3. The van der Waals surface area contributed by atoms with Crippen molar-refractivity contribution in [3.05, 3.63) is 23.9 Å². The second-order valence-electron chi connectivity index (χ2n) is 4.40. The van der Waals surface area contributed by atoms with Gasteiger partial charge in [0.05, 0.1) is 12.6 Å². The molecule has 0 spiro atoms. The molecule has 7 heteroatoms. The number of carbonyl (C=O) groups excluding carboxylic acids is 2. The fraction of sp³-hybridized carbons (Fsp3) is 0.417. The molecule has 1 aromatic rings. The molecule has 4 N–H and O–H groups in total. The molecule has 0 saturated carbocycles. The Hall–Kier alpha value is -1.99. The van der Waals surface area contributed by atoms with Gasteiger partial charge < -0.3 is 5.43 Å². The Labute approximate surface area is 111 Å². The maximum atomic E-state index is 11.8. The predicted octanol–water partition coefficient (Wildman–Crippen LogP) is -0.396. The highest BCUT2D eigenvalue weighted by molar-refractivity contribution is 6.01. The van der Waals surface area contributed by atoms with Gasteiger partial charge in [-0.3, -0.25) is 19.8 Å². The molecule has 7 nitrogen and oxygen atoms in total. The van der Waals surface area contributed by atoms with E-state index in [1.54, 1.807) is 12.3 Å². The molecule has 2 amide bonds. The van der Waals surface area contributed by atoms with Gasteiger partial charge >= 0.3 is 0 Å². The maximum Gasteiger partial charge on any atom is 0.243 e. The Kier molecular flexibility index (Phi) is 4.08. The third-order valence-corrected chi connectivity index (χ3v) is 3.14. The summed E-state index contributed by atoms with van der Waals surface area (Å²) in [5, 5.41) is 2.35. The predicted molar refractivity (Wildman–Crippen MR) is 69.7 cm³/mol. The van der Waals surface area contributed by atoms with Gasteiger partial charge in [-0.1, -0.05) is 13.0 Å². The number of nitrogens with zero attached hydrogens (tertiary/aromatic N) is 2. The van der Waals surface area contributed by atoms with Gasteiger partial charge in [-0.05, 0) is 12.5 Å². The average Bonchev–Trinajstić information content (AvgIpc) is 2.39. The fourth-order valence-electron chi connectivity index (χ4n) is 2.25. The molecular weight excluding hydrogens is 246 g/mol. The summed E-state index contributed by atoms with van der Waals surface area (Å²) in [6.07, 6.45) is 2.27. The summed E-state index contributed by atoms with van der Waals surface area (Å²) in [5.74, 6) is 5.43. The number of anilines is 1. The summed E-state index contributed by atoms with van der Waals surface area (Å²) in [6.45, 7) is 2.56. The quantitative estimate of drug-likeness (QED) is 0.388. The summed E-state index contributed by atoms with van der Waals surface area (Å²) < 4.78 is 0. The molecule has 1 unspecified atom stereocenters. The van der Waals surface area contributed by atoms with Crippen LogP contribution in [0.25, 0.3) is 0 Å². The van der Waals surface area contributed by atoms with Gasteiger partial charge in [0.15, 0.2) is 0 Å². The summed E-state index contributed by atoms with van der Waals surface area (Å²) in [7, 11) is 0. The Morgan fingerprint density at radius 3 is 3.05 bits per heavy atom. The Bertz CT molecular complexity index is 491. The van der Waals surface area contributed by atoms with Crippen LogP contribution in [0.4, 0.5) is 5.82 Å². The minimum absolute atomic E-state index is 0.198. The van der Waals surface area contributed by atoms with E-state index in [-0.39, 0.29) is 24.4 Å². The van der Waals surface area contributed by atoms with Gasteiger partial charge in [0.1, 0.15) is 5.82 Å². The highest BCUT2D eigenvalue weighted by Crippen LogP contribution is 2.17. The lowest BCUT2D eigenvalue weighted by atomic mass is 10.1. The first kappa shape index (κ1) is 13.4. The molecule has 0 aliphatic carbocycles. The number of pyridine rings is 1. The van der Waals surface area contributed by atoms with Crippen LogP contribution < -0.4 is 16.6 Å². The zero-order valence-corrected chi connectivity index (χ0v) is 10.7. The third-order valence-electron chi connectivity index (χ3n) is 3.14. The molecule has 1 aliphatic heterocycles. The first-order valence-corrected chi connectivity index (χ1v) is 6.14. The number of hydrazine groups is 1. The Morgan fingerprint density at radius 1 is 1.58 bits per heavy atom. The first-order chi connectivity index (χ1) is 9.15. The molecule has 0 radical (unpaired) electrons. The lowest BCUT2D eigenvalue weighted by molar-refractivity contribution is -0.140. The number of nitrogens with one attached hydrogen (secondary N) is 2. The van der Waals surface area contributed by atoms with E-state index in [0.29, 0.717) is 18.8 Å². The number of hydrogen-bond acceptors (Lipinski definition) is 6. The highest BCUT2D eigenvalue weighted by atomic mass is 16.2. The van der Waals surface area contributed by atoms with Crippen LogP contribution in [0.2, 0.25) is 0 Å². The number of carbonyl (C=O) groups is 2. The molecule has 2 heterocycles. The smallest absolute Gasteiger partial charge is 0.243 e. The van der Waals surface area contributed by atoms with Gasteiger partial charge in [0.2, 0.25) is 11.8 Å². The molecule has 1 saturated heterocycles. The van der Waals surface area contributed by atoms with Crippen molar-refractivity contribution in [3.8, 4) is 0 Å². The van der Waals surface area contributed by atoms with Gasteiger partial charge in [-0.15, -0.1) is 0 Å². The number of aromatic nitrogens is 1. The van der Waals surface area contributed by atoms with Crippen LogP contribution >= 0.6 is 0 Å². The molecule has 1 aliphatic rings. The normalized spacial score (nSPS) is 20.2. The fourth-order valence-corrected chi connectivity index (χ4v) is 2.25. The first-order valence-electron chi connectivity index (χ1n) is 6.14. The number of nitrogens with two attached hydrogens (primary N) is 1. The van der Waals surface area contributed by atoms with E-state index in [2.05, 4.69) is 15.7 Å². The minimum Gasteiger partial charge on any atom is -0.308 e. The molecule has 1 atom stereocenters. The van der Waals surface area contributed by atoms with E-state index in [9.17, 15) is 9.59 Å². The molecule has 19 heavy (non-hydrogen) atoms. The van der Waals surface area contributed by atoms with E-state index >= 15 is 0 Å². The van der Waals surface area contributed by atoms with Crippen LogP contribution in [0.15, 0.2) is 18.3 Å². The summed E-state index contributed by atoms with van der Waals surface area (Å²) in [5.41, 5.74) is 3.37. The molecule has 0 aromatic carbocycles. The molecule has 1 aromatic heterocycles. The Balaban J connectivity index is 2.20. The molecule has 0 bridgehead atoms. The standard InChI is InChI=1S/C12H17N5O2/c1-2-9-12(19)15-10(18)7-17(9)6-8-4-3-5-14-11(8)16-13/h3-5,9H,2,6-7,13H2,1H3,(H,14,16)(H,15,18,19). The van der Waals surface area contributed by atoms with Gasteiger partial charge in [0.25, 0.3) is 0 Å².